The van der Waals surface area contributed by atoms with Crippen molar-refractivity contribution in [1.29, 1.82) is 0 Å². The van der Waals surface area contributed by atoms with Gasteiger partial charge in [-0.3, -0.25) is 4.79 Å². The molecule has 0 spiro atoms. The van der Waals surface area contributed by atoms with Crippen molar-refractivity contribution in [3.05, 3.63) is 97.7 Å². The molecule has 4 aromatic rings. The minimum atomic E-state index is -2.88. The second-order valence-corrected chi connectivity index (χ2v) is 9.28. The highest BCUT2D eigenvalue weighted by Gasteiger charge is 2.21. The first-order chi connectivity index (χ1) is 17.2. The van der Waals surface area contributed by atoms with Gasteiger partial charge in [0.1, 0.15) is 17.3 Å². The minimum absolute atomic E-state index is 0.134. The molecule has 188 valence electrons. The summed E-state index contributed by atoms with van der Waals surface area (Å²) in [6.07, 6.45) is 1.55. The van der Waals surface area contributed by atoms with Gasteiger partial charge in [0.2, 0.25) is 0 Å². The van der Waals surface area contributed by atoms with Crippen LogP contribution in [0.5, 0.6) is 5.75 Å². The molecule has 0 bridgehead atoms. The largest absolute Gasteiger partial charge is 0.494 e. The van der Waals surface area contributed by atoms with Gasteiger partial charge in [-0.25, -0.2) is 18.2 Å². The Morgan fingerprint density at radius 1 is 1.14 bits per heavy atom. The minimum Gasteiger partial charge on any atom is -0.494 e. The molecule has 0 aliphatic heterocycles. The molecule has 4 rings (SSSR count). The highest BCUT2D eigenvalue weighted by Crippen LogP contribution is 2.30. The van der Waals surface area contributed by atoms with Crippen molar-refractivity contribution in [2.45, 2.75) is 19.4 Å². The summed E-state index contributed by atoms with van der Waals surface area (Å²) in [5.41, 5.74) is 0.987. The lowest BCUT2D eigenvalue weighted by atomic mass is 10.1. The average Bonchev–Trinajstić information content (AvgIpc) is 3.26. The number of benzene rings is 2. The van der Waals surface area contributed by atoms with E-state index >= 15 is 0 Å². The van der Waals surface area contributed by atoms with Crippen molar-refractivity contribution in [3.8, 4) is 11.4 Å². The van der Waals surface area contributed by atoms with Crippen LogP contribution in [0.4, 0.5) is 24.5 Å². The van der Waals surface area contributed by atoms with Gasteiger partial charge in [0.15, 0.2) is 0 Å². The summed E-state index contributed by atoms with van der Waals surface area (Å²) < 4.78 is 50.3. The van der Waals surface area contributed by atoms with E-state index in [9.17, 15) is 23.1 Å². The molecule has 0 unspecified atom stereocenters. The first-order valence-corrected chi connectivity index (χ1v) is 11.8. The van der Waals surface area contributed by atoms with Gasteiger partial charge < -0.3 is 24.3 Å². The van der Waals surface area contributed by atoms with E-state index in [0.717, 1.165) is 22.5 Å². The molecule has 0 saturated heterocycles. The van der Waals surface area contributed by atoms with Gasteiger partial charge in [-0.05, 0) is 71.5 Å². The number of anilines is 2. The van der Waals surface area contributed by atoms with Crippen molar-refractivity contribution >= 4 is 34.0 Å². The van der Waals surface area contributed by atoms with Crippen LogP contribution in [0.15, 0.2) is 66.0 Å². The Labute approximate surface area is 218 Å². The van der Waals surface area contributed by atoms with Crippen LogP contribution in [0.2, 0.25) is 0 Å². The van der Waals surface area contributed by atoms with Crippen LogP contribution in [0.25, 0.3) is 5.69 Å². The summed E-state index contributed by atoms with van der Waals surface area (Å²) in [6, 6.07) is 9.07. The van der Waals surface area contributed by atoms with Crippen LogP contribution in [-0.4, -0.2) is 32.9 Å². The number of aromatic nitrogens is 3. The number of pyridine rings is 1. The van der Waals surface area contributed by atoms with Gasteiger partial charge in [0.25, 0.3) is 12.0 Å². The van der Waals surface area contributed by atoms with Gasteiger partial charge in [0.05, 0.1) is 37.5 Å². The quantitative estimate of drug-likeness (QED) is 0.263. The Morgan fingerprint density at radius 2 is 1.92 bits per heavy atom. The van der Waals surface area contributed by atoms with Crippen molar-refractivity contribution < 1.29 is 23.0 Å². The molecule has 1 atom stereocenters. The third kappa shape index (κ3) is 5.41. The molecule has 0 aliphatic carbocycles. The topological polar surface area (TPSA) is 81.3 Å². The molecule has 0 saturated carbocycles. The second-order valence-electron chi connectivity index (χ2n) is 8.04. The summed E-state index contributed by atoms with van der Waals surface area (Å²) in [5, 5.41) is 12.9. The van der Waals surface area contributed by atoms with Crippen molar-refractivity contribution in [2.24, 2.45) is 0 Å². The lowest BCUT2D eigenvalue weighted by molar-refractivity contribution is 0.149. The van der Waals surface area contributed by atoms with Crippen LogP contribution in [0.1, 0.15) is 29.3 Å². The van der Waals surface area contributed by atoms with Gasteiger partial charge in [-0.15, -0.1) is 0 Å². The van der Waals surface area contributed by atoms with Crippen LogP contribution < -0.4 is 15.6 Å². The molecule has 0 radical (unpaired) electrons. The molecule has 2 heterocycles. The Hall–Kier alpha value is -3.32. The number of aryl methyl sites for hydroxylation is 1. The third-order valence-corrected chi connectivity index (χ3v) is 6.17. The summed E-state index contributed by atoms with van der Waals surface area (Å²) in [7, 11) is 1.49. The summed E-state index contributed by atoms with van der Waals surface area (Å²) in [4.78, 5) is 17.5. The van der Waals surface area contributed by atoms with Gasteiger partial charge in [0, 0.05) is 33.3 Å². The monoisotopic (exact) mass is 610 g/mol. The molecule has 2 N–H and O–H groups in total. The van der Waals surface area contributed by atoms with Gasteiger partial charge in [-0.1, -0.05) is 0 Å². The number of ether oxygens (including phenoxy) is 1. The molecular formula is C25H22F3IN4O3. The highest BCUT2D eigenvalue weighted by molar-refractivity contribution is 14.1. The van der Waals surface area contributed by atoms with Crippen LogP contribution in [0.3, 0.4) is 0 Å². The number of rotatable bonds is 8. The van der Waals surface area contributed by atoms with Crippen LogP contribution in [0, 0.1) is 16.3 Å². The fourth-order valence-corrected chi connectivity index (χ4v) is 4.52. The lowest BCUT2D eigenvalue weighted by Crippen LogP contribution is -2.29. The molecule has 2 aromatic heterocycles. The number of methoxy groups -OCH3 is 1. The van der Waals surface area contributed by atoms with Crippen molar-refractivity contribution in [1.82, 2.24) is 14.1 Å². The lowest BCUT2D eigenvalue weighted by Gasteiger charge is -2.21. The number of hydrogen-bond acceptors (Lipinski definition) is 5. The van der Waals surface area contributed by atoms with E-state index < -0.39 is 36.0 Å². The molecule has 0 amide bonds. The summed E-state index contributed by atoms with van der Waals surface area (Å²) in [6.45, 7) is 1.25. The van der Waals surface area contributed by atoms with E-state index in [2.05, 4.69) is 10.3 Å². The molecule has 7 nitrogen and oxygen atoms in total. The van der Waals surface area contributed by atoms with E-state index in [1.165, 1.54) is 19.2 Å². The fraction of sp³-hybridized carbons (Fsp3) is 0.200. The number of alkyl halides is 2. The first-order valence-electron chi connectivity index (χ1n) is 10.8. The van der Waals surface area contributed by atoms with E-state index in [-0.39, 0.29) is 11.3 Å². The molecule has 11 heteroatoms. The molecule has 2 aromatic carbocycles. The zero-order chi connectivity index (χ0) is 26.0. The van der Waals surface area contributed by atoms with Crippen molar-refractivity contribution in [3.63, 3.8) is 0 Å². The third-order valence-electron chi connectivity index (χ3n) is 5.54. The number of nitrogens with zero attached hydrogens (tertiary/aromatic N) is 3. The smallest absolute Gasteiger partial charge is 0.274 e. The Balaban J connectivity index is 1.77. The standard InChI is InChI=1S/C25H22F3IN4O3/c1-14-10-32(13-30-14)21-4-3-19(9-23(21)36-2)31-20-7-16(24(27)28)11-33(25(20)35)22(12-34)15-5-17(26)8-18(29)6-15/h3-11,13,22,24,31,34H,12H2,1-2H3/t22-/m0/s1. The molecule has 0 fully saturated rings. The summed E-state index contributed by atoms with van der Waals surface area (Å²) in [5.74, 6) is -0.0997. The zero-order valence-corrected chi connectivity index (χ0v) is 21.4. The van der Waals surface area contributed by atoms with Gasteiger partial charge >= 0.3 is 0 Å². The van der Waals surface area contributed by atoms with Crippen LogP contribution >= 0.6 is 22.6 Å². The number of halogens is 4. The van der Waals surface area contributed by atoms with Crippen molar-refractivity contribution in [2.75, 3.05) is 19.0 Å². The van der Waals surface area contributed by atoms with E-state index in [1.54, 1.807) is 35.2 Å². The van der Waals surface area contributed by atoms with E-state index in [1.807, 2.05) is 35.7 Å². The highest BCUT2D eigenvalue weighted by atomic mass is 127. The average molecular weight is 610 g/mol. The van der Waals surface area contributed by atoms with E-state index in [4.69, 9.17) is 4.74 Å². The Bertz CT molecular complexity index is 1430. The zero-order valence-electron chi connectivity index (χ0n) is 19.3. The second kappa shape index (κ2) is 10.7. The predicted molar refractivity (Wildman–Crippen MR) is 138 cm³/mol. The maximum atomic E-state index is 14.0. The number of imidazole rings is 1. The Morgan fingerprint density at radius 3 is 2.53 bits per heavy atom. The number of aliphatic hydroxyl groups excluding tert-OH is 1. The molecule has 36 heavy (non-hydrogen) atoms. The maximum Gasteiger partial charge on any atom is 0.274 e. The summed E-state index contributed by atoms with van der Waals surface area (Å²) >= 11 is 1.90. The Kier molecular flexibility index (Phi) is 7.69. The van der Waals surface area contributed by atoms with Crippen LogP contribution in [-0.2, 0) is 0 Å². The fourth-order valence-electron chi connectivity index (χ4n) is 3.86. The van der Waals surface area contributed by atoms with Gasteiger partial charge in [-0.2, -0.15) is 0 Å². The normalized spacial score (nSPS) is 12.1. The maximum absolute atomic E-state index is 14.0. The van der Waals surface area contributed by atoms with E-state index in [0.29, 0.717) is 20.7 Å². The predicted octanol–water partition coefficient (Wildman–Crippen LogP) is 5.36. The molecule has 0 aliphatic rings. The first kappa shape index (κ1) is 25.8. The molecular weight excluding hydrogens is 588 g/mol. The SMILES string of the molecule is COc1cc(Nc2cc(C(F)F)cn([C@@H](CO)c3cc(F)cc(I)c3)c2=O)ccc1-n1cnc(C)c1. The number of hydrogen-bond donors (Lipinski definition) is 2. The number of nitrogens with one attached hydrogen (secondary N) is 1. The number of aliphatic hydroxyl groups is 1.